The van der Waals surface area contributed by atoms with E-state index in [9.17, 15) is 4.79 Å². The molecule has 0 aromatic carbocycles. The van der Waals surface area contributed by atoms with Crippen LogP contribution < -0.4 is 16.0 Å². The molecule has 4 nitrogen and oxygen atoms in total. The molecule has 1 aliphatic carbocycles. The van der Waals surface area contributed by atoms with Gasteiger partial charge in [-0.3, -0.25) is 4.79 Å². The summed E-state index contributed by atoms with van der Waals surface area (Å²) >= 11 is 0. The van der Waals surface area contributed by atoms with Crippen LogP contribution in [0.1, 0.15) is 46.0 Å². The number of amides is 1. The van der Waals surface area contributed by atoms with E-state index in [1.807, 2.05) is 0 Å². The van der Waals surface area contributed by atoms with Gasteiger partial charge in [0.25, 0.3) is 0 Å². The highest BCUT2D eigenvalue weighted by atomic mass is 16.2. The zero-order valence-corrected chi connectivity index (χ0v) is 11.0. The molecule has 2 aliphatic rings. The maximum atomic E-state index is 12.2. The fourth-order valence-electron chi connectivity index (χ4n) is 2.81. The molecule has 1 saturated carbocycles. The highest BCUT2D eigenvalue weighted by Crippen LogP contribution is 2.27. The summed E-state index contributed by atoms with van der Waals surface area (Å²) in [7, 11) is 0. The Morgan fingerprint density at radius 1 is 1.18 bits per heavy atom. The van der Waals surface area contributed by atoms with E-state index in [0.717, 1.165) is 25.9 Å². The van der Waals surface area contributed by atoms with E-state index in [1.54, 1.807) is 0 Å². The van der Waals surface area contributed by atoms with Crippen LogP contribution in [0.25, 0.3) is 0 Å². The van der Waals surface area contributed by atoms with E-state index < -0.39 is 0 Å². The lowest BCUT2D eigenvalue weighted by molar-refractivity contribution is -0.125. The summed E-state index contributed by atoms with van der Waals surface area (Å²) in [4.78, 5) is 12.2. The first-order chi connectivity index (χ1) is 8.09. The highest BCUT2D eigenvalue weighted by Gasteiger charge is 2.32. The Hall–Kier alpha value is -0.610. The molecular formula is C13H25N3O. The van der Waals surface area contributed by atoms with Gasteiger partial charge in [-0.25, -0.2) is 0 Å². The van der Waals surface area contributed by atoms with Gasteiger partial charge >= 0.3 is 0 Å². The monoisotopic (exact) mass is 239 g/mol. The van der Waals surface area contributed by atoms with Gasteiger partial charge < -0.3 is 16.0 Å². The fourth-order valence-corrected chi connectivity index (χ4v) is 2.81. The van der Waals surface area contributed by atoms with Crippen molar-refractivity contribution < 1.29 is 4.79 Å². The van der Waals surface area contributed by atoms with Gasteiger partial charge in [0.05, 0.1) is 6.04 Å². The minimum atomic E-state index is -0.0649. The van der Waals surface area contributed by atoms with Crippen LogP contribution in [-0.4, -0.2) is 36.6 Å². The molecule has 0 radical (unpaired) electrons. The Balaban J connectivity index is 1.83. The summed E-state index contributed by atoms with van der Waals surface area (Å²) in [5.74, 6) is 0.161. The van der Waals surface area contributed by atoms with Gasteiger partial charge in [-0.15, -0.1) is 0 Å². The zero-order chi connectivity index (χ0) is 12.3. The number of nitrogens with one attached hydrogen (secondary N) is 3. The summed E-state index contributed by atoms with van der Waals surface area (Å²) in [5.41, 5.74) is 0.0279. The maximum Gasteiger partial charge on any atom is 0.238 e. The largest absolute Gasteiger partial charge is 0.350 e. The van der Waals surface area contributed by atoms with Crippen molar-refractivity contribution in [2.24, 2.45) is 0 Å². The third-order valence-electron chi connectivity index (χ3n) is 4.04. The smallest absolute Gasteiger partial charge is 0.238 e. The maximum absolute atomic E-state index is 12.2. The molecule has 4 heteroatoms. The Bertz CT molecular complexity index is 266. The molecule has 2 rings (SSSR count). The van der Waals surface area contributed by atoms with E-state index in [1.165, 1.54) is 19.3 Å². The molecular weight excluding hydrogens is 214 g/mol. The van der Waals surface area contributed by atoms with Crippen LogP contribution in [0.3, 0.4) is 0 Å². The minimum Gasteiger partial charge on any atom is -0.350 e. The van der Waals surface area contributed by atoms with E-state index >= 15 is 0 Å². The lowest BCUT2D eigenvalue weighted by atomic mass is 9.83. The van der Waals surface area contributed by atoms with Gasteiger partial charge in [0.2, 0.25) is 5.91 Å². The van der Waals surface area contributed by atoms with Gasteiger partial charge in [-0.1, -0.05) is 19.3 Å². The van der Waals surface area contributed by atoms with Crippen molar-refractivity contribution in [1.82, 2.24) is 16.0 Å². The Morgan fingerprint density at radius 3 is 2.47 bits per heavy atom. The van der Waals surface area contributed by atoms with Crippen molar-refractivity contribution in [2.75, 3.05) is 13.1 Å². The average molecular weight is 239 g/mol. The SMILES string of the molecule is CC1CNC(C(=O)NC2(C)CCCCC2)CN1. The standard InChI is InChI=1S/C13H25N3O/c1-10-8-15-11(9-14-10)12(17)16-13(2)6-4-3-5-7-13/h10-11,14-15H,3-9H2,1-2H3,(H,16,17). The first-order valence-corrected chi connectivity index (χ1v) is 6.88. The van der Waals surface area contributed by atoms with Crippen molar-refractivity contribution in [3.05, 3.63) is 0 Å². The van der Waals surface area contributed by atoms with Crippen LogP contribution in [0.15, 0.2) is 0 Å². The summed E-state index contributed by atoms with van der Waals surface area (Å²) in [6, 6.07) is 0.397. The van der Waals surface area contributed by atoms with Gasteiger partial charge in [0.15, 0.2) is 0 Å². The molecule has 0 bridgehead atoms. The molecule has 0 aromatic rings. The molecule has 2 fully saturated rings. The molecule has 0 aromatic heterocycles. The van der Waals surface area contributed by atoms with E-state index in [2.05, 4.69) is 29.8 Å². The summed E-state index contributed by atoms with van der Waals surface area (Å²) < 4.78 is 0. The lowest BCUT2D eigenvalue weighted by Gasteiger charge is -2.37. The van der Waals surface area contributed by atoms with Crippen LogP contribution in [0, 0.1) is 0 Å². The fraction of sp³-hybridized carbons (Fsp3) is 0.923. The Morgan fingerprint density at radius 2 is 1.88 bits per heavy atom. The normalized spacial score (nSPS) is 33.1. The number of carbonyl (C=O) groups excluding carboxylic acids is 1. The van der Waals surface area contributed by atoms with Crippen LogP contribution in [-0.2, 0) is 4.79 Å². The number of hydrogen-bond acceptors (Lipinski definition) is 3. The molecule has 2 atom stereocenters. The molecule has 1 heterocycles. The van der Waals surface area contributed by atoms with Crippen molar-refractivity contribution >= 4 is 5.91 Å². The van der Waals surface area contributed by atoms with Crippen LogP contribution in [0.4, 0.5) is 0 Å². The molecule has 1 saturated heterocycles. The number of rotatable bonds is 2. The van der Waals surface area contributed by atoms with Crippen molar-refractivity contribution in [3.63, 3.8) is 0 Å². The van der Waals surface area contributed by atoms with Gasteiger partial charge in [0, 0.05) is 24.7 Å². The molecule has 1 amide bonds. The number of carbonyl (C=O) groups is 1. The molecule has 98 valence electrons. The summed E-state index contributed by atoms with van der Waals surface area (Å²) in [5, 5.41) is 9.88. The summed E-state index contributed by atoms with van der Waals surface area (Å²) in [6.45, 7) is 5.92. The van der Waals surface area contributed by atoms with E-state index in [-0.39, 0.29) is 17.5 Å². The summed E-state index contributed by atoms with van der Waals surface area (Å²) in [6.07, 6.45) is 6.03. The van der Waals surface area contributed by atoms with E-state index in [0.29, 0.717) is 6.04 Å². The molecule has 1 aliphatic heterocycles. The topological polar surface area (TPSA) is 53.2 Å². The zero-order valence-electron chi connectivity index (χ0n) is 11.0. The lowest BCUT2D eigenvalue weighted by Crippen LogP contribution is -2.61. The van der Waals surface area contributed by atoms with Crippen LogP contribution >= 0.6 is 0 Å². The van der Waals surface area contributed by atoms with E-state index in [4.69, 9.17) is 0 Å². The Kier molecular flexibility index (Phi) is 4.05. The van der Waals surface area contributed by atoms with Gasteiger partial charge in [-0.05, 0) is 26.7 Å². The van der Waals surface area contributed by atoms with Crippen LogP contribution in [0.2, 0.25) is 0 Å². The van der Waals surface area contributed by atoms with Crippen molar-refractivity contribution in [1.29, 1.82) is 0 Å². The second kappa shape index (κ2) is 5.36. The molecule has 0 spiro atoms. The second-order valence-corrected chi connectivity index (χ2v) is 5.88. The second-order valence-electron chi connectivity index (χ2n) is 5.88. The average Bonchev–Trinajstić information content (AvgIpc) is 2.30. The Labute approximate surface area is 104 Å². The highest BCUT2D eigenvalue weighted by molar-refractivity contribution is 5.82. The minimum absolute atomic E-state index is 0.0279. The third kappa shape index (κ3) is 3.42. The predicted octanol–water partition coefficient (Wildman–Crippen LogP) is 0.775. The predicted molar refractivity (Wildman–Crippen MR) is 68.9 cm³/mol. The van der Waals surface area contributed by atoms with Gasteiger partial charge in [-0.2, -0.15) is 0 Å². The first kappa shape index (κ1) is 12.8. The quantitative estimate of drug-likeness (QED) is 0.667. The molecule has 3 N–H and O–H groups in total. The third-order valence-corrected chi connectivity index (χ3v) is 4.04. The molecule has 2 unspecified atom stereocenters. The van der Waals surface area contributed by atoms with Crippen molar-refractivity contribution in [3.8, 4) is 0 Å². The molecule has 17 heavy (non-hydrogen) atoms. The number of hydrogen-bond donors (Lipinski definition) is 3. The first-order valence-electron chi connectivity index (χ1n) is 6.88. The van der Waals surface area contributed by atoms with Crippen LogP contribution in [0.5, 0.6) is 0 Å². The number of piperazine rings is 1. The van der Waals surface area contributed by atoms with Crippen molar-refractivity contribution in [2.45, 2.75) is 63.6 Å². The van der Waals surface area contributed by atoms with Gasteiger partial charge in [0.1, 0.15) is 0 Å².